The number of rotatable bonds is 4. The topological polar surface area (TPSA) is 171 Å². The molecule has 4 rings (SSSR count). The van der Waals surface area contributed by atoms with Gasteiger partial charge >= 0.3 is 5.97 Å². The molecule has 0 atom stereocenters. The van der Waals surface area contributed by atoms with Crippen molar-refractivity contribution in [2.75, 3.05) is 14.2 Å². The Kier molecular flexibility index (Phi) is 7.43. The van der Waals surface area contributed by atoms with Crippen molar-refractivity contribution in [3.63, 3.8) is 0 Å². The second kappa shape index (κ2) is 10.3. The SMILES string of the molecule is COc1ccc(C=CC(=O)O)cc1OC.Cc1cc(O)c2c(c1O)C(=O)c1c(O)cc(C)c(O)c1C2=O. The van der Waals surface area contributed by atoms with Crippen LogP contribution >= 0.6 is 0 Å². The zero-order valence-corrected chi connectivity index (χ0v) is 20.3. The monoisotopic (exact) mass is 508 g/mol. The van der Waals surface area contributed by atoms with Crippen molar-refractivity contribution in [2.24, 2.45) is 0 Å². The summed E-state index contributed by atoms with van der Waals surface area (Å²) < 4.78 is 10.1. The van der Waals surface area contributed by atoms with E-state index in [0.717, 1.165) is 23.8 Å². The van der Waals surface area contributed by atoms with Crippen LogP contribution in [0.4, 0.5) is 0 Å². The Morgan fingerprint density at radius 2 is 1.19 bits per heavy atom. The van der Waals surface area contributed by atoms with Crippen LogP contribution in [0.3, 0.4) is 0 Å². The lowest BCUT2D eigenvalue weighted by molar-refractivity contribution is -0.131. The third kappa shape index (κ3) is 4.90. The summed E-state index contributed by atoms with van der Waals surface area (Å²) in [5.74, 6) is -3.24. The summed E-state index contributed by atoms with van der Waals surface area (Å²) >= 11 is 0. The predicted octanol–water partition coefficient (Wildman–Crippen LogP) is 3.70. The van der Waals surface area contributed by atoms with Gasteiger partial charge in [-0.3, -0.25) is 9.59 Å². The van der Waals surface area contributed by atoms with Crippen LogP contribution < -0.4 is 9.47 Å². The molecule has 37 heavy (non-hydrogen) atoms. The highest BCUT2D eigenvalue weighted by Crippen LogP contribution is 2.45. The maximum absolute atomic E-state index is 12.6. The van der Waals surface area contributed by atoms with E-state index in [1.54, 1.807) is 25.3 Å². The van der Waals surface area contributed by atoms with Crippen molar-refractivity contribution < 1.29 is 49.4 Å². The van der Waals surface area contributed by atoms with Gasteiger partial charge in [-0.2, -0.15) is 0 Å². The number of phenolic OH excluding ortho intramolecular Hbond substituents is 4. The number of benzene rings is 3. The minimum atomic E-state index is -0.982. The van der Waals surface area contributed by atoms with E-state index < -0.39 is 40.5 Å². The van der Waals surface area contributed by atoms with Crippen LogP contribution in [0.25, 0.3) is 6.08 Å². The molecule has 0 fully saturated rings. The summed E-state index contributed by atoms with van der Waals surface area (Å²) in [6.45, 7) is 2.93. The standard InChI is InChI=1S/C16H12O6.C11H12O4/c1-5-3-7(17)9-11(13(5)19)15(21)10-8(18)4-6(2)14(20)12(10)16(9)22;1-14-9-5-3-8(4-6-11(12)13)7-10(9)15-2/h3-4,17-20H,1-2H3;3-7H,1-2H3,(H,12,13). The lowest BCUT2D eigenvalue weighted by Gasteiger charge is -2.22. The maximum atomic E-state index is 12.6. The summed E-state index contributed by atoms with van der Waals surface area (Å²) in [7, 11) is 3.08. The largest absolute Gasteiger partial charge is 0.507 e. The van der Waals surface area contributed by atoms with Crippen molar-refractivity contribution >= 4 is 23.6 Å². The highest BCUT2D eigenvalue weighted by atomic mass is 16.5. The summed E-state index contributed by atoms with van der Waals surface area (Å²) in [6.07, 6.45) is 2.56. The average Bonchev–Trinajstić information content (AvgIpc) is 2.85. The second-order valence-electron chi connectivity index (χ2n) is 8.07. The van der Waals surface area contributed by atoms with Crippen LogP contribution in [0.5, 0.6) is 34.5 Å². The molecule has 1 aliphatic rings. The number of hydrogen-bond acceptors (Lipinski definition) is 9. The van der Waals surface area contributed by atoms with Crippen LogP contribution in [0, 0.1) is 13.8 Å². The minimum absolute atomic E-state index is 0.219. The average molecular weight is 508 g/mol. The Bertz CT molecular complexity index is 1390. The fourth-order valence-electron chi connectivity index (χ4n) is 3.85. The van der Waals surface area contributed by atoms with Gasteiger partial charge in [0.15, 0.2) is 11.5 Å². The first kappa shape index (κ1) is 26.6. The van der Waals surface area contributed by atoms with Gasteiger partial charge < -0.3 is 35.0 Å². The smallest absolute Gasteiger partial charge is 0.328 e. The molecule has 3 aromatic carbocycles. The molecule has 0 amide bonds. The third-order valence-electron chi connectivity index (χ3n) is 5.67. The number of carbonyl (C=O) groups is 3. The summed E-state index contributed by atoms with van der Waals surface area (Å²) in [5, 5.41) is 48.5. The van der Waals surface area contributed by atoms with Gasteiger partial charge in [0.05, 0.1) is 36.5 Å². The number of ketones is 2. The Balaban J connectivity index is 0.000000222. The second-order valence-corrected chi connectivity index (χ2v) is 8.07. The van der Waals surface area contributed by atoms with Crippen LogP contribution in [-0.4, -0.2) is 57.3 Å². The first-order valence-corrected chi connectivity index (χ1v) is 10.8. The van der Waals surface area contributed by atoms with Crippen molar-refractivity contribution in [3.8, 4) is 34.5 Å². The zero-order chi connectivity index (χ0) is 27.6. The van der Waals surface area contributed by atoms with Crippen molar-refractivity contribution in [2.45, 2.75) is 13.8 Å². The molecule has 5 N–H and O–H groups in total. The summed E-state index contributed by atoms with van der Waals surface area (Å²) in [6, 6.07) is 7.51. The fraction of sp³-hybridized carbons (Fsp3) is 0.148. The molecule has 0 aromatic heterocycles. The van der Waals surface area contributed by atoms with Gasteiger partial charge in [0.25, 0.3) is 0 Å². The molecule has 0 bridgehead atoms. The van der Waals surface area contributed by atoms with E-state index in [2.05, 4.69) is 0 Å². The van der Waals surface area contributed by atoms with Crippen LogP contribution in [-0.2, 0) is 4.79 Å². The predicted molar refractivity (Wildman–Crippen MR) is 132 cm³/mol. The third-order valence-corrected chi connectivity index (χ3v) is 5.67. The number of carbonyl (C=O) groups excluding carboxylic acids is 2. The lowest BCUT2D eigenvalue weighted by Crippen LogP contribution is -2.22. The Labute approximate surface area is 211 Å². The first-order valence-electron chi connectivity index (χ1n) is 10.8. The lowest BCUT2D eigenvalue weighted by atomic mass is 9.80. The normalized spacial score (nSPS) is 11.9. The van der Waals surface area contributed by atoms with Crippen LogP contribution in [0.1, 0.15) is 48.5 Å². The molecule has 0 unspecified atom stereocenters. The van der Waals surface area contributed by atoms with Gasteiger partial charge in [0.2, 0.25) is 11.6 Å². The molecule has 0 spiro atoms. The Morgan fingerprint density at radius 1 is 0.730 bits per heavy atom. The molecule has 10 heteroatoms. The van der Waals surface area contributed by atoms with Gasteiger partial charge in [-0.1, -0.05) is 6.07 Å². The van der Waals surface area contributed by atoms with E-state index in [1.807, 2.05) is 0 Å². The van der Waals surface area contributed by atoms with E-state index in [-0.39, 0.29) is 33.4 Å². The molecular formula is C27H24O10. The van der Waals surface area contributed by atoms with E-state index in [0.29, 0.717) is 11.5 Å². The molecule has 0 aliphatic heterocycles. The number of ether oxygens (including phenoxy) is 2. The number of phenols is 4. The molecule has 3 aromatic rings. The number of aryl methyl sites for hydroxylation is 2. The zero-order valence-electron chi connectivity index (χ0n) is 20.3. The first-order chi connectivity index (χ1) is 17.4. The quantitative estimate of drug-likeness (QED) is 0.202. The van der Waals surface area contributed by atoms with E-state index in [9.17, 15) is 34.8 Å². The number of fused-ring (bicyclic) bond motifs is 2. The van der Waals surface area contributed by atoms with Gasteiger partial charge in [0.1, 0.15) is 23.0 Å². The van der Waals surface area contributed by atoms with E-state index in [4.69, 9.17) is 14.6 Å². The van der Waals surface area contributed by atoms with Gasteiger partial charge in [-0.15, -0.1) is 0 Å². The minimum Gasteiger partial charge on any atom is -0.507 e. The molecule has 10 nitrogen and oxygen atoms in total. The fourth-order valence-corrected chi connectivity index (χ4v) is 3.85. The molecule has 1 aliphatic carbocycles. The highest BCUT2D eigenvalue weighted by Gasteiger charge is 2.39. The highest BCUT2D eigenvalue weighted by molar-refractivity contribution is 6.32. The maximum Gasteiger partial charge on any atom is 0.328 e. The van der Waals surface area contributed by atoms with Crippen molar-refractivity contribution in [1.29, 1.82) is 0 Å². The van der Waals surface area contributed by atoms with E-state index in [1.165, 1.54) is 27.0 Å². The Hall–Kier alpha value is -4.99. The van der Waals surface area contributed by atoms with E-state index >= 15 is 0 Å². The van der Waals surface area contributed by atoms with Crippen molar-refractivity contribution in [1.82, 2.24) is 0 Å². The number of carboxylic acids is 1. The number of carboxylic acid groups (broad SMARTS) is 1. The molecule has 192 valence electrons. The van der Waals surface area contributed by atoms with Gasteiger partial charge in [0, 0.05) is 6.08 Å². The number of aliphatic carboxylic acids is 1. The Morgan fingerprint density at radius 3 is 1.59 bits per heavy atom. The molecule has 0 heterocycles. The number of hydrogen-bond donors (Lipinski definition) is 5. The summed E-state index contributed by atoms with van der Waals surface area (Å²) in [5.41, 5.74) is -0.299. The molecule has 0 radical (unpaired) electrons. The van der Waals surface area contributed by atoms with Crippen molar-refractivity contribution in [3.05, 3.63) is 75.4 Å². The molecule has 0 saturated heterocycles. The van der Waals surface area contributed by atoms with Gasteiger partial charge in [-0.05, 0) is 60.9 Å². The van der Waals surface area contributed by atoms with Crippen LogP contribution in [0.2, 0.25) is 0 Å². The number of methoxy groups -OCH3 is 2. The van der Waals surface area contributed by atoms with Crippen LogP contribution in [0.15, 0.2) is 36.4 Å². The molecule has 0 saturated carbocycles. The van der Waals surface area contributed by atoms with Gasteiger partial charge in [-0.25, -0.2) is 4.79 Å². The summed E-state index contributed by atoms with van der Waals surface area (Å²) in [4.78, 5) is 35.4. The molecular weight excluding hydrogens is 484 g/mol. The number of aromatic hydroxyl groups is 4.